The van der Waals surface area contributed by atoms with Crippen molar-refractivity contribution in [3.63, 3.8) is 0 Å². The van der Waals surface area contributed by atoms with Gasteiger partial charge in [-0.3, -0.25) is 0 Å². The molecule has 0 aromatic rings. The summed E-state index contributed by atoms with van der Waals surface area (Å²) in [5, 5.41) is 3.54. The molecule has 0 aromatic heterocycles. The number of hydrogen-bond donors (Lipinski definition) is 1. The van der Waals surface area contributed by atoms with Crippen LogP contribution in [0.5, 0.6) is 0 Å². The van der Waals surface area contributed by atoms with E-state index in [0.717, 1.165) is 25.9 Å². The van der Waals surface area contributed by atoms with E-state index >= 15 is 0 Å². The summed E-state index contributed by atoms with van der Waals surface area (Å²) in [6.07, 6.45) is 3.28. The van der Waals surface area contributed by atoms with Gasteiger partial charge in [-0.1, -0.05) is 6.92 Å². The SMILES string of the molecule is CCNC1CCC2C1CCN2C(=O)OC(C)(C)C. The van der Waals surface area contributed by atoms with E-state index < -0.39 is 5.60 Å². The highest BCUT2D eigenvalue weighted by Crippen LogP contribution is 2.38. The van der Waals surface area contributed by atoms with Crippen LogP contribution in [0.1, 0.15) is 47.0 Å². The van der Waals surface area contributed by atoms with Crippen molar-refractivity contribution in [2.24, 2.45) is 5.92 Å². The zero-order valence-electron chi connectivity index (χ0n) is 12.0. The maximum absolute atomic E-state index is 12.2. The van der Waals surface area contributed by atoms with Gasteiger partial charge in [-0.05, 0) is 52.5 Å². The van der Waals surface area contributed by atoms with E-state index in [1.165, 1.54) is 6.42 Å². The largest absolute Gasteiger partial charge is 0.444 e. The number of hydrogen-bond acceptors (Lipinski definition) is 3. The molecule has 2 rings (SSSR count). The first kappa shape index (κ1) is 13.7. The Morgan fingerprint density at radius 2 is 2.06 bits per heavy atom. The monoisotopic (exact) mass is 254 g/mol. The van der Waals surface area contributed by atoms with Gasteiger partial charge in [0.1, 0.15) is 5.60 Å². The second-order valence-electron chi connectivity index (χ2n) is 6.44. The van der Waals surface area contributed by atoms with Crippen LogP contribution in [0, 0.1) is 5.92 Å². The zero-order valence-corrected chi connectivity index (χ0v) is 12.0. The van der Waals surface area contributed by atoms with Gasteiger partial charge in [0, 0.05) is 18.6 Å². The molecule has 1 aliphatic heterocycles. The fraction of sp³-hybridized carbons (Fsp3) is 0.929. The molecule has 0 bridgehead atoms. The zero-order chi connectivity index (χ0) is 13.3. The van der Waals surface area contributed by atoms with Crippen LogP contribution in [0.25, 0.3) is 0 Å². The number of likely N-dealkylation sites (tertiary alicyclic amines) is 1. The van der Waals surface area contributed by atoms with Crippen LogP contribution in [-0.4, -0.2) is 41.8 Å². The van der Waals surface area contributed by atoms with Crippen LogP contribution < -0.4 is 5.32 Å². The van der Waals surface area contributed by atoms with Crippen molar-refractivity contribution in [3.05, 3.63) is 0 Å². The van der Waals surface area contributed by atoms with E-state index in [-0.39, 0.29) is 6.09 Å². The average Bonchev–Trinajstić information content (AvgIpc) is 2.78. The molecule has 0 aromatic carbocycles. The summed E-state index contributed by atoms with van der Waals surface area (Å²) in [6.45, 7) is 9.79. The van der Waals surface area contributed by atoms with Crippen LogP contribution >= 0.6 is 0 Å². The molecule has 4 heteroatoms. The van der Waals surface area contributed by atoms with Crippen molar-refractivity contribution in [1.29, 1.82) is 0 Å². The van der Waals surface area contributed by atoms with Crippen molar-refractivity contribution in [2.45, 2.75) is 64.6 Å². The Morgan fingerprint density at radius 3 is 2.67 bits per heavy atom. The molecular weight excluding hydrogens is 228 g/mol. The first-order valence-electron chi connectivity index (χ1n) is 7.15. The fourth-order valence-electron chi connectivity index (χ4n) is 3.34. The lowest BCUT2D eigenvalue weighted by Gasteiger charge is -2.28. The third kappa shape index (κ3) is 2.79. The summed E-state index contributed by atoms with van der Waals surface area (Å²) in [6, 6.07) is 0.983. The predicted molar refractivity (Wildman–Crippen MR) is 71.5 cm³/mol. The average molecular weight is 254 g/mol. The molecule has 3 atom stereocenters. The Kier molecular flexibility index (Phi) is 3.85. The molecule has 0 spiro atoms. The Hall–Kier alpha value is -0.770. The van der Waals surface area contributed by atoms with Crippen molar-refractivity contribution >= 4 is 6.09 Å². The summed E-state index contributed by atoms with van der Waals surface area (Å²) in [5.74, 6) is 0.623. The minimum atomic E-state index is -0.394. The van der Waals surface area contributed by atoms with Crippen molar-refractivity contribution in [1.82, 2.24) is 10.2 Å². The lowest BCUT2D eigenvalue weighted by atomic mass is 10.00. The molecule has 3 unspecified atom stereocenters. The van der Waals surface area contributed by atoms with Crippen LogP contribution in [0.2, 0.25) is 0 Å². The van der Waals surface area contributed by atoms with Gasteiger partial charge in [-0.2, -0.15) is 0 Å². The first-order chi connectivity index (χ1) is 8.42. The van der Waals surface area contributed by atoms with E-state index in [1.807, 2.05) is 25.7 Å². The number of amides is 1. The number of fused-ring (bicyclic) bond motifs is 1. The Balaban J connectivity index is 1.96. The lowest BCUT2D eigenvalue weighted by molar-refractivity contribution is 0.0217. The number of carbonyl (C=O) groups is 1. The van der Waals surface area contributed by atoms with Crippen LogP contribution in [0.15, 0.2) is 0 Å². The van der Waals surface area contributed by atoms with Crippen molar-refractivity contribution in [2.75, 3.05) is 13.1 Å². The number of rotatable bonds is 2. The van der Waals surface area contributed by atoms with Gasteiger partial charge in [0.15, 0.2) is 0 Å². The lowest BCUT2D eigenvalue weighted by Crippen LogP contribution is -2.41. The minimum absolute atomic E-state index is 0.132. The van der Waals surface area contributed by atoms with Crippen molar-refractivity contribution in [3.8, 4) is 0 Å². The molecule has 2 fully saturated rings. The number of nitrogens with zero attached hydrogens (tertiary/aromatic N) is 1. The second kappa shape index (κ2) is 5.08. The summed E-state index contributed by atoms with van der Waals surface area (Å²) in [4.78, 5) is 14.1. The Bertz CT molecular complexity index is 311. The highest BCUT2D eigenvalue weighted by atomic mass is 16.6. The molecule has 4 nitrogen and oxygen atoms in total. The smallest absolute Gasteiger partial charge is 0.410 e. The van der Waals surface area contributed by atoms with Crippen LogP contribution in [-0.2, 0) is 4.74 Å². The van der Waals surface area contributed by atoms with Crippen LogP contribution in [0.3, 0.4) is 0 Å². The minimum Gasteiger partial charge on any atom is -0.444 e. The van der Waals surface area contributed by atoms with E-state index in [2.05, 4.69) is 12.2 Å². The van der Waals surface area contributed by atoms with Gasteiger partial charge in [-0.25, -0.2) is 4.79 Å². The number of nitrogens with one attached hydrogen (secondary N) is 1. The van der Waals surface area contributed by atoms with E-state index in [4.69, 9.17) is 4.74 Å². The molecule has 1 N–H and O–H groups in total. The van der Waals surface area contributed by atoms with Gasteiger partial charge in [0.2, 0.25) is 0 Å². The maximum atomic E-state index is 12.2. The van der Waals surface area contributed by atoms with E-state index in [1.54, 1.807) is 0 Å². The summed E-state index contributed by atoms with van der Waals surface area (Å²) < 4.78 is 5.49. The topological polar surface area (TPSA) is 41.6 Å². The maximum Gasteiger partial charge on any atom is 0.410 e. The summed E-state index contributed by atoms with van der Waals surface area (Å²) >= 11 is 0. The first-order valence-corrected chi connectivity index (χ1v) is 7.15. The molecule has 1 heterocycles. The van der Waals surface area contributed by atoms with Gasteiger partial charge in [0.05, 0.1) is 0 Å². The third-order valence-corrected chi connectivity index (χ3v) is 3.98. The highest BCUT2D eigenvalue weighted by molar-refractivity contribution is 5.69. The fourth-order valence-corrected chi connectivity index (χ4v) is 3.34. The summed E-state index contributed by atoms with van der Waals surface area (Å²) in [5.41, 5.74) is -0.394. The van der Waals surface area contributed by atoms with Gasteiger partial charge in [-0.15, -0.1) is 0 Å². The molecular formula is C14H26N2O2. The molecule has 18 heavy (non-hydrogen) atoms. The molecule has 1 amide bonds. The van der Waals surface area contributed by atoms with Gasteiger partial charge >= 0.3 is 6.09 Å². The Labute approximate surface area is 110 Å². The predicted octanol–water partition coefficient (Wildman–Crippen LogP) is 2.38. The molecule has 1 saturated carbocycles. The Morgan fingerprint density at radius 1 is 1.33 bits per heavy atom. The molecule has 2 aliphatic rings. The third-order valence-electron chi connectivity index (χ3n) is 3.98. The number of carbonyl (C=O) groups excluding carboxylic acids is 1. The summed E-state index contributed by atoms with van der Waals surface area (Å²) in [7, 11) is 0. The number of ether oxygens (including phenoxy) is 1. The van der Waals surface area contributed by atoms with Crippen molar-refractivity contribution < 1.29 is 9.53 Å². The highest BCUT2D eigenvalue weighted by Gasteiger charge is 2.46. The van der Waals surface area contributed by atoms with Gasteiger partial charge in [0.25, 0.3) is 0 Å². The normalized spacial score (nSPS) is 31.6. The van der Waals surface area contributed by atoms with E-state index in [0.29, 0.717) is 18.0 Å². The second-order valence-corrected chi connectivity index (χ2v) is 6.44. The van der Waals surface area contributed by atoms with E-state index in [9.17, 15) is 4.79 Å². The molecule has 0 radical (unpaired) electrons. The molecule has 1 aliphatic carbocycles. The molecule has 1 saturated heterocycles. The van der Waals surface area contributed by atoms with Crippen LogP contribution in [0.4, 0.5) is 4.79 Å². The van der Waals surface area contributed by atoms with Gasteiger partial charge < -0.3 is 15.0 Å². The molecule has 104 valence electrons. The quantitative estimate of drug-likeness (QED) is 0.822. The standard InChI is InChI=1S/C14H26N2O2/c1-5-15-11-6-7-12-10(11)8-9-16(12)13(17)18-14(2,3)4/h10-12,15H,5-9H2,1-4H3.